The van der Waals surface area contributed by atoms with Crippen molar-refractivity contribution in [1.82, 2.24) is 14.5 Å². The van der Waals surface area contributed by atoms with Gasteiger partial charge in [-0.25, -0.2) is 14.2 Å². The molecule has 0 radical (unpaired) electrons. The summed E-state index contributed by atoms with van der Waals surface area (Å²) in [5.74, 6) is -0.790. The second-order valence-electron chi connectivity index (χ2n) is 6.88. The SMILES string of the molecule is Cn1c(O)cc2ncnc(Oc3ccc(NC(=O)Nc4cccc(C(F)(F)F)c4)c(F)c3)c21. The number of fused-ring (bicyclic) bond motifs is 1. The van der Waals surface area contributed by atoms with Crippen LogP contribution in [0.3, 0.4) is 0 Å². The van der Waals surface area contributed by atoms with Gasteiger partial charge in [-0.15, -0.1) is 0 Å². The zero-order chi connectivity index (χ0) is 23.8. The van der Waals surface area contributed by atoms with E-state index in [1.54, 1.807) is 7.05 Å². The molecule has 0 unspecified atom stereocenters. The minimum Gasteiger partial charge on any atom is -0.494 e. The summed E-state index contributed by atoms with van der Waals surface area (Å²) in [4.78, 5) is 20.1. The van der Waals surface area contributed by atoms with Gasteiger partial charge in [0, 0.05) is 24.9 Å². The van der Waals surface area contributed by atoms with Crippen molar-refractivity contribution in [3.8, 4) is 17.5 Å². The van der Waals surface area contributed by atoms with E-state index in [0.29, 0.717) is 11.0 Å². The summed E-state index contributed by atoms with van der Waals surface area (Å²) in [6, 6.07) is 8.10. The number of hydrogen-bond acceptors (Lipinski definition) is 5. The zero-order valence-corrected chi connectivity index (χ0v) is 16.8. The number of carbonyl (C=O) groups excluding carboxylic acids is 1. The maximum atomic E-state index is 14.5. The third-order valence-electron chi connectivity index (χ3n) is 4.61. The summed E-state index contributed by atoms with van der Waals surface area (Å²) in [5, 5.41) is 14.3. The molecule has 0 aliphatic heterocycles. The summed E-state index contributed by atoms with van der Waals surface area (Å²) >= 11 is 0. The van der Waals surface area contributed by atoms with Crippen LogP contribution in [-0.2, 0) is 13.2 Å². The molecule has 0 saturated carbocycles. The average molecular weight is 461 g/mol. The number of rotatable bonds is 4. The third-order valence-corrected chi connectivity index (χ3v) is 4.61. The van der Waals surface area contributed by atoms with Gasteiger partial charge in [-0.1, -0.05) is 6.07 Å². The number of anilines is 2. The van der Waals surface area contributed by atoms with Crippen molar-refractivity contribution in [2.24, 2.45) is 7.05 Å². The van der Waals surface area contributed by atoms with Crippen molar-refractivity contribution < 1.29 is 32.2 Å². The van der Waals surface area contributed by atoms with E-state index in [4.69, 9.17) is 4.74 Å². The lowest BCUT2D eigenvalue weighted by Gasteiger charge is -2.12. The Kier molecular flexibility index (Phi) is 5.50. The fourth-order valence-corrected chi connectivity index (χ4v) is 3.03. The first-order valence-electron chi connectivity index (χ1n) is 9.34. The Morgan fingerprint density at radius 1 is 1.09 bits per heavy atom. The van der Waals surface area contributed by atoms with E-state index in [0.717, 1.165) is 24.3 Å². The minimum atomic E-state index is -4.57. The molecule has 0 aliphatic rings. The summed E-state index contributed by atoms with van der Waals surface area (Å²) in [6.07, 6.45) is -3.34. The molecule has 2 aromatic carbocycles. The number of nitrogens with one attached hydrogen (secondary N) is 2. The van der Waals surface area contributed by atoms with Crippen LogP contribution in [0.2, 0.25) is 0 Å². The lowest BCUT2D eigenvalue weighted by molar-refractivity contribution is -0.137. The van der Waals surface area contributed by atoms with Crippen LogP contribution >= 0.6 is 0 Å². The molecule has 0 bridgehead atoms. The molecule has 12 heteroatoms. The first-order chi connectivity index (χ1) is 15.6. The van der Waals surface area contributed by atoms with Gasteiger partial charge in [0.05, 0.1) is 16.8 Å². The monoisotopic (exact) mass is 461 g/mol. The molecular formula is C21H15F4N5O3. The molecule has 0 atom stereocenters. The van der Waals surface area contributed by atoms with Gasteiger partial charge >= 0.3 is 12.2 Å². The molecule has 4 rings (SSSR count). The van der Waals surface area contributed by atoms with E-state index < -0.39 is 23.6 Å². The second kappa shape index (κ2) is 8.30. The predicted octanol–water partition coefficient (Wildman–Crippen LogP) is 5.27. The lowest BCUT2D eigenvalue weighted by atomic mass is 10.2. The van der Waals surface area contributed by atoms with E-state index >= 15 is 0 Å². The van der Waals surface area contributed by atoms with E-state index in [9.17, 15) is 27.5 Å². The van der Waals surface area contributed by atoms with Crippen LogP contribution < -0.4 is 15.4 Å². The van der Waals surface area contributed by atoms with Gasteiger partial charge in [-0.05, 0) is 30.3 Å². The van der Waals surface area contributed by atoms with E-state index in [1.807, 2.05) is 0 Å². The molecule has 2 aromatic heterocycles. The van der Waals surface area contributed by atoms with E-state index in [2.05, 4.69) is 20.6 Å². The molecule has 3 N–H and O–H groups in total. The standard InChI is InChI=1S/C21H15F4N5O3/c1-30-17(31)9-16-18(30)19(27-10-26-16)33-13-5-6-15(14(22)8-13)29-20(32)28-12-4-2-3-11(7-12)21(23,24)25/h2-10,31H,1H3,(H2,28,29,32). The molecule has 0 aliphatic carbocycles. The van der Waals surface area contributed by atoms with Crippen molar-refractivity contribution in [2.45, 2.75) is 6.18 Å². The smallest absolute Gasteiger partial charge is 0.416 e. The number of amides is 2. The highest BCUT2D eigenvalue weighted by Gasteiger charge is 2.30. The highest BCUT2D eigenvalue weighted by Crippen LogP contribution is 2.32. The van der Waals surface area contributed by atoms with Crippen molar-refractivity contribution in [3.05, 3.63) is 66.2 Å². The normalized spacial score (nSPS) is 11.4. The Balaban J connectivity index is 1.48. The topological polar surface area (TPSA) is 101 Å². The third kappa shape index (κ3) is 4.63. The molecule has 170 valence electrons. The summed E-state index contributed by atoms with van der Waals surface area (Å²) < 4.78 is 59.9. The highest BCUT2D eigenvalue weighted by molar-refractivity contribution is 5.99. The number of ether oxygens (including phenoxy) is 1. The Hall–Kier alpha value is -4.35. The Morgan fingerprint density at radius 2 is 1.88 bits per heavy atom. The summed E-state index contributed by atoms with van der Waals surface area (Å²) in [7, 11) is 1.57. The fourth-order valence-electron chi connectivity index (χ4n) is 3.03. The first-order valence-corrected chi connectivity index (χ1v) is 9.34. The van der Waals surface area contributed by atoms with Crippen molar-refractivity contribution >= 4 is 28.4 Å². The molecule has 2 amide bonds. The Morgan fingerprint density at radius 3 is 2.61 bits per heavy atom. The van der Waals surface area contributed by atoms with Crippen molar-refractivity contribution in [3.63, 3.8) is 0 Å². The molecule has 2 heterocycles. The molecule has 0 spiro atoms. The van der Waals surface area contributed by atoms with Crippen LogP contribution in [0, 0.1) is 5.82 Å². The quantitative estimate of drug-likeness (QED) is 0.360. The highest BCUT2D eigenvalue weighted by atomic mass is 19.4. The van der Waals surface area contributed by atoms with Crippen molar-refractivity contribution in [1.29, 1.82) is 0 Å². The van der Waals surface area contributed by atoms with Crippen LogP contribution in [0.1, 0.15) is 5.56 Å². The van der Waals surface area contributed by atoms with Gasteiger partial charge in [0.1, 0.15) is 23.4 Å². The van der Waals surface area contributed by atoms with Gasteiger partial charge in [0.15, 0.2) is 5.88 Å². The Bertz CT molecular complexity index is 1350. The molecule has 4 aromatic rings. The van der Waals surface area contributed by atoms with Gasteiger partial charge in [-0.3, -0.25) is 0 Å². The number of hydrogen-bond donors (Lipinski definition) is 3. The number of aryl methyl sites for hydroxylation is 1. The number of aromatic hydroxyl groups is 1. The van der Waals surface area contributed by atoms with Crippen LogP contribution in [0.15, 0.2) is 54.9 Å². The molecular weight excluding hydrogens is 446 g/mol. The number of nitrogens with zero attached hydrogens (tertiary/aromatic N) is 3. The van der Waals surface area contributed by atoms with Gasteiger partial charge in [0.25, 0.3) is 0 Å². The number of aromatic nitrogens is 3. The predicted molar refractivity (Wildman–Crippen MR) is 111 cm³/mol. The fraction of sp³-hybridized carbons (Fsp3) is 0.0952. The van der Waals surface area contributed by atoms with Crippen molar-refractivity contribution in [2.75, 3.05) is 10.6 Å². The molecule has 0 fully saturated rings. The maximum absolute atomic E-state index is 14.5. The van der Waals surface area contributed by atoms with Gasteiger partial charge in [0.2, 0.25) is 5.88 Å². The molecule has 33 heavy (non-hydrogen) atoms. The minimum absolute atomic E-state index is 0.0528. The largest absolute Gasteiger partial charge is 0.494 e. The van der Waals surface area contributed by atoms with Crippen LogP contribution in [0.25, 0.3) is 11.0 Å². The number of carbonyl (C=O) groups is 1. The molecule has 0 saturated heterocycles. The lowest BCUT2D eigenvalue weighted by Crippen LogP contribution is -2.20. The Labute approximate surface area is 183 Å². The maximum Gasteiger partial charge on any atom is 0.416 e. The van der Waals surface area contributed by atoms with Gasteiger partial charge < -0.3 is 25.0 Å². The van der Waals surface area contributed by atoms with Crippen LogP contribution in [-0.4, -0.2) is 25.7 Å². The molecule has 8 nitrogen and oxygen atoms in total. The number of alkyl halides is 3. The number of urea groups is 1. The number of halogens is 4. The zero-order valence-electron chi connectivity index (χ0n) is 16.8. The number of benzene rings is 2. The van der Waals surface area contributed by atoms with Crippen LogP contribution in [0.5, 0.6) is 17.5 Å². The summed E-state index contributed by atoms with van der Waals surface area (Å²) in [6.45, 7) is 0. The van der Waals surface area contributed by atoms with Crippen LogP contribution in [0.4, 0.5) is 33.7 Å². The first kappa shape index (κ1) is 21.9. The van der Waals surface area contributed by atoms with E-state index in [-0.39, 0.29) is 28.9 Å². The average Bonchev–Trinajstić information content (AvgIpc) is 3.04. The van der Waals surface area contributed by atoms with E-state index in [1.165, 1.54) is 35.2 Å². The summed E-state index contributed by atoms with van der Waals surface area (Å²) in [5.41, 5.74) is -0.459. The second-order valence-corrected chi connectivity index (χ2v) is 6.88. The van der Waals surface area contributed by atoms with Gasteiger partial charge in [-0.2, -0.15) is 18.2 Å².